The van der Waals surface area contributed by atoms with Crippen molar-refractivity contribution >= 4 is 11.9 Å². The molecular weight excluding hydrogens is 274 g/mol. The van der Waals surface area contributed by atoms with Gasteiger partial charge < -0.3 is 20.5 Å². The molecule has 0 saturated heterocycles. The van der Waals surface area contributed by atoms with Crippen LogP contribution < -0.4 is 10.6 Å². The molecule has 0 bridgehead atoms. The summed E-state index contributed by atoms with van der Waals surface area (Å²) in [6, 6.07) is 0. The number of hydrogen-bond acceptors (Lipinski definition) is 6. The molecule has 0 radical (unpaired) electrons. The van der Waals surface area contributed by atoms with Crippen LogP contribution in [0, 0.1) is 0 Å². The first-order chi connectivity index (χ1) is 10.1. The Morgan fingerprint density at radius 1 is 1.10 bits per heavy atom. The largest absolute Gasteiger partial charge is 0.481 e. The van der Waals surface area contributed by atoms with Gasteiger partial charge in [-0.3, -0.25) is 14.5 Å². The molecule has 0 amide bonds. The summed E-state index contributed by atoms with van der Waals surface area (Å²) in [4.78, 5) is 23.7. The van der Waals surface area contributed by atoms with E-state index in [0.29, 0.717) is 19.6 Å². The highest BCUT2D eigenvalue weighted by molar-refractivity contribution is 5.71. The van der Waals surface area contributed by atoms with E-state index in [1.54, 1.807) is 6.92 Å². The lowest BCUT2D eigenvalue weighted by molar-refractivity contribution is -0.144. The number of hydrogen-bond donors (Lipinski definition) is 3. The van der Waals surface area contributed by atoms with Crippen molar-refractivity contribution in [2.75, 3.05) is 52.4 Å². The van der Waals surface area contributed by atoms with Gasteiger partial charge in [-0.25, -0.2) is 0 Å². The first kappa shape index (κ1) is 19.8. The molecule has 0 spiro atoms. The van der Waals surface area contributed by atoms with E-state index in [1.807, 2.05) is 11.8 Å². The van der Waals surface area contributed by atoms with Gasteiger partial charge in [-0.15, -0.1) is 0 Å². The number of carbonyl (C=O) groups excluding carboxylic acids is 1. The third-order valence-electron chi connectivity index (χ3n) is 2.93. The fourth-order valence-corrected chi connectivity index (χ4v) is 1.77. The second-order valence-electron chi connectivity index (χ2n) is 4.67. The average Bonchev–Trinajstić information content (AvgIpc) is 2.44. The van der Waals surface area contributed by atoms with Crippen molar-refractivity contribution in [2.24, 2.45) is 0 Å². The van der Waals surface area contributed by atoms with Gasteiger partial charge in [0.1, 0.15) is 0 Å². The van der Waals surface area contributed by atoms with Gasteiger partial charge in [0.2, 0.25) is 0 Å². The van der Waals surface area contributed by atoms with E-state index in [-0.39, 0.29) is 12.4 Å². The smallest absolute Gasteiger partial charge is 0.320 e. The molecule has 21 heavy (non-hydrogen) atoms. The Kier molecular flexibility index (Phi) is 13.0. The molecule has 0 aliphatic rings. The van der Waals surface area contributed by atoms with E-state index in [0.717, 1.165) is 39.3 Å². The number of aliphatic carboxylic acids is 1. The molecular formula is C14H29N3O4. The van der Waals surface area contributed by atoms with Crippen molar-refractivity contribution in [1.29, 1.82) is 0 Å². The number of carboxylic acids is 1. The molecule has 0 heterocycles. The van der Waals surface area contributed by atoms with Gasteiger partial charge in [-0.2, -0.15) is 0 Å². The van der Waals surface area contributed by atoms with Crippen LogP contribution in [-0.2, 0) is 14.3 Å². The molecule has 0 atom stereocenters. The van der Waals surface area contributed by atoms with Gasteiger partial charge in [0.25, 0.3) is 0 Å². The number of nitrogens with zero attached hydrogens (tertiary/aromatic N) is 1. The third kappa shape index (κ3) is 13.6. The second-order valence-corrected chi connectivity index (χ2v) is 4.67. The summed E-state index contributed by atoms with van der Waals surface area (Å²) in [5.74, 6) is -0.935. The average molecular weight is 303 g/mol. The maximum absolute atomic E-state index is 11.4. The lowest BCUT2D eigenvalue weighted by atomic mass is 10.3. The fraction of sp³-hybridized carbons (Fsp3) is 0.857. The zero-order valence-electron chi connectivity index (χ0n) is 13.2. The van der Waals surface area contributed by atoms with Crippen LogP contribution in [0.25, 0.3) is 0 Å². The number of esters is 1. The van der Waals surface area contributed by atoms with Gasteiger partial charge in [0.15, 0.2) is 0 Å². The van der Waals surface area contributed by atoms with Gasteiger partial charge >= 0.3 is 11.9 Å². The maximum Gasteiger partial charge on any atom is 0.320 e. The summed E-state index contributed by atoms with van der Waals surface area (Å²) >= 11 is 0. The Labute approximate surface area is 127 Å². The van der Waals surface area contributed by atoms with Crippen LogP contribution in [-0.4, -0.2) is 74.4 Å². The van der Waals surface area contributed by atoms with Gasteiger partial charge in [0.05, 0.1) is 13.2 Å². The van der Waals surface area contributed by atoms with Crippen LogP contribution in [0.2, 0.25) is 0 Å². The Morgan fingerprint density at radius 3 is 2.33 bits per heavy atom. The van der Waals surface area contributed by atoms with Crippen molar-refractivity contribution in [1.82, 2.24) is 15.5 Å². The Bertz CT molecular complexity index is 287. The molecule has 0 aliphatic carbocycles. The highest BCUT2D eigenvalue weighted by Crippen LogP contribution is 1.89. The Balaban J connectivity index is 3.43. The van der Waals surface area contributed by atoms with Crippen molar-refractivity contribution in [3.8, 4) is 0 Å². The fourth-order valence-electron chi connectivity index (χ4n) is 1.77. The van der Waals surface area contributed by atoms with E-state index in [1.165, 1.54) is 0 Å². The Morgan fingerprint density at radius 2 is 1.76 bits per heavy atom. The lowest BCUT2D eigenvalue weighted by Gasteiger charge is -2.19. The minimum absolute atomic E-state index is 0.181. The number of carbonyl (C=O) groups is 2. The van der Waals surface area contributed by atoms with Crippen molar-refractivity contribution in [2.45, 2.75) is 26.7 Å². The zero-order valence-corrected chi connectivity index (χ0v) is 13.2. The summed E-state index contributed by atoms with van der Waals surface area (Å²) < 4.78 is 4.92. The molecule has 0 aromatic heterocycles. The van der Waals surface area contributed by atoms with Crippen molar-refractivity contribution in [3.63, 3.8) is 0 Å². The monoisotopic (exact) mass is 303 g/mol. The molecule has 7 heteroatoms. The van der Waals surface area contributed by atoms with Crippen LogP contribution in [0.3, 0.4) is 0 Å². The standard InChI is InChI=1S/C14H29N3O4/c1-3-17(12-14(20)21-4-2)11-10-16-9-8-15-7-5-6-13(18)19/h15-16H,3-12H2,1-2H3,(H,18,19). The van der Waals surface area contributed by atoms with E-state index in [2.05, 4.69) is 10.6 Å². The second kappa shape index (κ2) is 13.8. The summed E-state index contributed by atoms with van der Waals surface area (Å²) in [5, 5.41) is 14.9. The van der Waals surface area contributed by atoms with E-state index in [9.17, 15) is 9.59 Å². The minimum Gasteiger partial charge on any atom is -0.481 e. The number of rotatable bonds is 14. The molecule has 0 aliphatic heterocycles. The normalized spacial score (nSPS) is 10.8. The van der Waals surface area contributed by atoms with Gasteiger partial charge in [-0.1, -0.05) is 6.92 Å². The summed E-state index contributed by atoms with van der Waals surface area (Å²) in [5.41, 5.74) is 0. The zero-order chi connectivity index (χ0) is 15.9. The number of nitrogens with one attached hydrogen (secondary N) is 2. The molecule has 0 aromatic carbocycles. The molecule has 7 nitrogen and oxygen atoms in total. The molecule has 0 saturated carbocycles. The van der Waals surface area contributed by atoms with Crippen molar-refractivity contribution < 1.29 is 19.4 Å². The highest BCUT2D eigenvalue weighted by atomic mass is 16.5. The van der Waals surface area contributed by atoms with Crippen LogP contribution >= 0.6 is 0 Å². The van der Waals surface area contributed by atoms with Crippen LogP contribution in [0.5, 0.6) is 0 Å². The first-order valence-corrected chi connectivity index (χ1v) is 7.61. The number of ether oxygens (including phenoxy) is 1. The quantitative estimate of drug-likeness (QED) is 0.305. The van der Waals surface area contributed by atoms with E-state index >= 15 is 0 Å². The minimum atomic E-state index is -0.754. The lowest BCUT2D eigenvalue weighted by Crippen LogP contribution is -2.38. The first-order valence-electron chi connectivity index (χ1n) is 7.61. The highest BCUT2D eigenvalue weighted by Gasteiger charge is 2.08. The molecule has 0 rings (SSSR count). The molecule has 124 valence electrons. The Hall–Kier alpha value is -1.18. The third-order valence-corrected chi connectivity index (χ3v) is 2.93. The van der Waals surface area contributed by atoms with E-state index < -0.39 is 5.97 Å². The van der Waals surface area contributed by atoms with Crippen LogP contribution in [0.4, 0.5) is 0 Å². The van der Waals surface area contributed by atoms with Gasteiger partial charge in [0, 0.05) is 32.6 Å². The number of likely N-dealkylation sites (N-methyl/N-ethyl adjacent to an activating group) is 1. The molecule has 3 N–H and O–H groups in total. The summed E-state index contributed by atoms with van der Waals surface area (Å²) in [7, 11) is 0. The summed E-state index contributed by atoms with van der Waals surface area (Å²) in [6.07, 6.45) is 0.859. The SMILES string of the molecule is CCOC(=O)CN(CC)CCNCCNCCCC(=O)O. The number of carboxylic acid groups (broad SMARTS) is 1. The predicted octanol–water partition coefficient (Wildman–Crippen LogP) is -0.0846. The predicted molar refractivity (Wildman–Crippen MR) is 81.4 cm³/mol. The van der Waals surface area contributed by atoms with Crippen LogP contribution in [0.15, 0.2) is 0 Å². The van der Waals surface area contributed by atoms with Gasteiger partial charge in [-0.05, 0) is 26.4 Å². The summed E-state index contributed by atoms with van der Waals surface area (Å²) in [6.45, 7) is 9.35. The molecule has 0 unspecified atom stereocenters. The van der Waals surface area contributed by atoms with E-state index in [4.69, 9.17) is 9.84 Å². The maximum atomic E-state index is 11.4. The van der Waals surface area contributed by atoms with Crippen molar-refractivity contribution in [3.05, 3.63) is 0 Å². The molecule has 0 fully saturated rings. The topological polar surface area (TPSA) is 90.9 Å². The molecule has 0 aromatic rings. The van der Waals surface area contributed by atoms with Crippen LogP contribution in [0.1, 0.15) is 26.7 Å².